The highest BCUT2D eigenvalue weighted by Gasteiger charge is 2.35. The molecule has 0 radical (unpaired) electrons. The summed E-state index contributed by atoms with van der Waals surface area (Å²) in [6.45, 7) is 1.55. The van der Waals surface area contributed by atoms with Gasteiger partial charge in [0, 0.05) is 0 Å². The Morgan fingerprint density at radius 1 is 1.33 bits per heavy atom. The summed E-state index contributed by atoms with van der Waals surface area (Å²) in [6, 6.07) is 2.27. The van der Waals surface area contributed by atoms with Crippen molar-refractivity contribution in [2.24, 2.45) is 0 Å². The fourth-order valence-corrected chi connectivity index (χ4v) is 1.28. The van der Waals surface area contributed by atoms with E-state index in [2.05, 4.69) is 0 Å². The van der Waals surface area contributed by atoms with Gasteiger partial charge in [-0.05, 0) is 24.1 Å². The van der Waals surface area contributed by atoms with Crippen LogP contribution >= 0.6 is 0 Å². The molecule has 1 rings (SSSR count). The maximum absolute atomic E-state index is 12.7. The van der Waals surface area contributed by atoms with Crippen molar-refractivity contribution in [1.82, 2.24) is 0 Å². The Bertz CT molecular complexity index is 346. The van der Waals surface area contributed by atoms with Gasteiger partial charge in [-0.15, -0.1) is 0 Å². The summed E-state index contributed by atoms with van der Waals surface area (Å²) in [6.07, 6.45) is -5.72. The quantitative estimate of drug-likeness (QED) is 0.761. The molecular formula is C10H10F4O. The van der Waals surface area contributed by atoms with E-state index in [4.69, 9.17) is 0 Å². The smallest absolute Gasteiger partial charge is 0.388 e. The van der Waals surface area contributed by atoms with E-state index >= 15 is 0 Å². The molecule has 0 aromatic heterocycles. The molecule has 84 valence electrons. The molecule has 0 heterocycles. The van der Waals surface area contributed by atoms with Crippen LogP contribution in [0.5, 0.6) is 0 Å². The molecule has 0 aliphatic rings. The van der Waals surface area contributed by atoms with Crippen LogP contribution in [0.25, 0.3) is 0 Å². The molecule has 15 heavy (non-hydrogen) atoms. The zero-order chi connectivity index (χ0) is 11.6. The molecule has 0 aliphatic heterocycles. The molecule has 1 atom stereocenters. The minimum Gasteiger partial charge on any atom is -0.388 e. The maximum atomic E-state index is 12.7. The monoisotopic (exact) mass is 222 g/mol. The first-order valence-electron chi connectivity index (χ1n) is 4.41. The third-order valence-electron chi connectivity index (χ3n) is 2.07. The Hall–Kier alpha value is -1.10. The minimum absolute atomic E-state index is 0.148. The Morgan fingerprint density at radius 3 is 2.40 bits per heavy atom. The van der Waals surface area contributed by atoms with Crippen molar-refractivity contribution in [1.29, 1.82) is 0 Å². The molecule has 1 nitrogen and oxygen atoms in total. The molecule has 0 aliphatic carbocycles. The number of aliphatic hydroxyl groups is 1. The van der Waals surface area contributed by atoms with Crippen molar-refractivity contribution in [3.63, 3.8) is 0 Å². The average Bonchev–Trinajstić information content (AvgIpc) is 2.15. The summed E-state index contributed by atoms with van der Waals surface area (Å²) >= 11 is 0. The van der Waals surface area contributed by atoms with E-state index in [9.17, 15) is 22.7 Å². The lowest BCUT2D eigenvalue weighted by atomic mass is 10.0. The topological polar surface area (TPSA) is 20.2 Å². The maximum Gasteiger partial charge on any atom is 0.416 e. The third-order valence-corrected chi connectivity index (χ3v) is 2.07. The van der Waals surface area contributed by atoms with Gasteiger partial charge in [-0.1, -0.05) is 13.0 Å². The number of benzene rings is 1. The van der Waals surface area contributed by atoms with Crippen molar-refractivity contribution >= 4 is 0 Å². The SMILES string of the molecule is CCC(O)c1ccc(F)cc1C(F)(F)F. The van der Waals surface area contributed by atoms with E-state index in [1.165, 1.54) is 0 Å². The Morgan fingerprint density at radius 2 is 1.93 bits per heavy atom. The highest BCUT2D eigenvalue weighted by molar-refractivity contribution is 5.32. The van der Waals surface area contributed by atoms with Crippen LogP contribution in [0.3, 0.4) is 0 Å². The van der Waals surface area contributed by atoms with Crippen LogP contribution in [-0.4, -0.2) is 5.11 Å². The second-order valence-electron chi connectivity index (χ2n) is 3.15. The summed E-state index contributed by atoms with van der Waals surface area (Å²) < 4.78 is 50.0. The van der Waals surface area contributed by atoms with Gasteiger partial charge in [0.25, 0.3) is 0 Å². The van der Waals surface area contributed by atoms with Crippen LogP contribution in [0.2, 0.25) is 0 Å². The molecule has 1 unspecified atom stereocenters. The van der Waals surface area contributed by atoms with E-state index in [1.54, 1.807) is 6.92 Å². The molecule has 0 spiro atoms. The molecular weight excluding hydrogens is 212 g/mol. The van der Waals surface area contributed by atoms with E-state index in [0.29, 0.717) is 6.07 Å². The number of hydrogen-bond acceptors (Lipinski definition) is 1. The van der Waals surface area contributed by atoms with Gasteiger partial charge in [0.05, 0.1) is 11.7 Å². The first-order valence-corrected chi connectivity index (χ1v) is 4.41. The van der Waals surface area contributed by atoms with Crippen LogP contribution in [-0.2, 0) is 6.18 Å². The lowest BCUT2D eigenvalue weighted by Crippen LogP contribution is -2.12. The largest absolute Gasteiger partial charge is 0.416 e. The number of alkyl halides is 3. The summed E-state index contributed by atoms with van der Waals surface area (Å²) in [5, 5.41) is 9.34. The Kier molecular flexibility index (Phi) is 3.34. The van der Waals surface area contributed by atoms with Crippen LogP contribution in [0.4, 0.5) is 17.6 Å². The van der Waals surface area contributed by atoms with Crippen molar-refractivity contribution in [2.45, 2.75) is 25.6 Å². The summed E-state index contributed by atoms with van der Waals surface area (Å²) in [7, 11) is 0. The molecule has 1 N–H and O–H groups in total. The lowest BCUT2D eigenvalue weighted by molar-refractivity contribution is -0.139. The van der Waals surface area contributed by atoms with Crippen molar-refractivity contribution in [3.8, 4) is 0 Å². The van der Waals surface area contributed by atoms with Crippen molar-refractivity contribution in [2.75, 3.05) is 0 Å². The van der Waals surface area contributed by atoms with Gasteiger partial charge >= 0.3 is 6.18 Å². The lowest BCUT2D eigenvalue weighted by Gasteiger charge is -2.16. The molecule has 0 saturated heterocycles. The average molecular weight is 222 g/mol. The Balaban J connectivity index is 3.27. The van der Waals surface area contributed by atoms with E-state index in [-0.39, 0.29) is 12.0 Å². The van der Waals surface area contributed by atoms with Gasteiger partial charge in [-0.3, -0.25) is 0 Å². The number of hydrogen-bond donors (Lipinski definition) is 1. The summed E-state index contributed by atoms with van der Waals surface area (Å²) in [5.41, 5.74) is -1.40. The second-order valence-corrected chi connectivity index (χ2v) is 3.15. The molecule has 0 bridgehead atoms. The van der Waals surface area contributed by atoms with Gasteiger partial charge < -0.3 is 5.11 Å². The van der Waals surface area contributed by atoms with Gasteiger partial charge in [0.2, 0.25) is 0 Å². The van der Waals surface area contributed by atoms with Crippen LogP contribution in [0.1, 0.15) is 30.6 Å². The second kappa shape index (κ2) is 4.18. The van der Waals surface area contributed by atoms with E-state index in [1.807, 2.05) is 0 Å². The zero-order valence-corrected chi connectivity index (χ0v) is 7.98. The number of rotatable bonds is 2. The Labute approximate surface area is 84.3 Å². The molecule has 0 amide bonds. The molecule has 5 heteroatoms. The predicted molar refractivity (Wildman–Crippen MR) is 46.7 cm³/mol. The number of aliphatic hydroxyl groups excluding tert-OH is 1. The van der Waals surface area contributed by atoms with E-state index in [0.717, 1.165) is 12.1 Å². The van der Waals surface area contributed by atoms with Crippen LogP contribution < -0.4 is 0 Å². The molecule has 1 aromatic carbocycles. The van der Waals surface area contributed by atoms with Gasteiger partial charge in [-0.25, -0.2) is 4.39 Å². The number of halogens is 4. The fraction of sp³-hybridized carbons (Fsp3) is 0.400. The highest BCUT2D eigenvalue weighted by Crippen LogP contribution is 2.35. The first-order chi connectivity index (χ1) is 6.86. The first kappa shape index (κ1) is 12.0. The fourth-order valence-electron chi connectivity index (χ4n) is 1.28. The van der Waals surface area contributed by atoms with Crippen LogP contribution in [0.15, 0.2) is 18.2 Å². The molecule has 1 aromatic rings. The van der Waals surface area contributed by atoms with E-state index < -0.39 is 23.7 Å². The molecule has 0 saturated carbocycles. The van der Waals surface area contributed by atoms with Gasteiger partial charge in [0.1, 0.15) is 5.82 Å². The normalized spacial score (nSPS) is 14.0. The van der Waals surface area contributed by atoms with Crippen molar-refractivity contribution in [3.05, 3.63) is 35.1 Å². The third kappa shape index (κ3) is 2.68. The standard InChI is InChI=1S/C10H10F4O/c1-2-9(15)7-4-3-6(11)5-8(7)10(12,13)14/h3-5,9,15H,2H2,1H3. The zero-order valence-electron chi connectivity index (χ0n) is 7.98. The highest BCUT2D eigenvalue weighted by atomic mass is 19.4. The summed E-state index contributed by atoms with van der Waals surface area (Å²) in [4.78, 5) is 0. The predicted octanol–water partition coefficient (Wildman–Crippen LogP) is 3.29. The van der Waals surface area contributed by atoms with Crippen LogP contribution in [0, 0.1) is 5.82 Å². The summed E-state index contributed by atoms with van der Waals surface area (Å²) in [5.74, 6) is -0.964. The minimum atomic E-state index is -4.65. The van der Waals surface area contributed by atoms with Gasteiger partial charge in [-0.2, -0.15) is 13.2 Å². The van der Waals surface area contributed by atoms with Crippen molar-refractivity contribution < 1.29 is 22.7 Å². The molecule has 0 fully saturated rings. The van der Waals surface area contributed by atoms with Gasteiger partial charge in [0.15, 0.2) is 0 Å².